The van der Waals surface area contributed by atoms with Crippen LogP contribution in [0, 0.1) is 11.6 Å². The molecule has 1 saturated heterocycles. The lowest BCUT2D eigenvalue weighted by molar-refractivity contribution is 0.0539. The number of nitrogens with one attached hydrogen (secondary N) is 1. The van der Waals surface area contributed by atoms with Gasteiger partial charge in [0.25, 0.3) is 0 Å². The minimum atomic E-state index is -0.893. The highest BCUT2D eigenvalue weighted by molar-refractivity contribution is 6.34. The van der Waals surface area contributed by atoms with Crippen molar-refractivity contribution in [3.05, 3.63) is 82.0 Å². The highest BCUT2D eigenvalue weighted by Crippen LogP contribution is 2.52. The van der Waals surface area contributed by atoms with Gasteiger partial charge in [0.15, 0.2) is 22.6 Å². The summed E-state index contributed by atoms with van der Waals surface area (Å²) in [6.45, 7) is 0.818. The number of halogens is 3. The van der Waals surface area contributed by atoms with E-state index in [0.717, 1.165) is 24.9 Å². The Bertz CT molecular complexity index is 1810. The van der Waals surface area contributed by atoms with Gasteiger partial charge in [0, 0.05) is 36.2 Å². The molecule has 7 nitrogen and oxygen atoms in total. The fourth-order valence-electron chi connectivity index (χ4n) is 6.21. The zero-order chi connectivity index (χ0) is 27.1. The summed E-state index contributed by atoms with van der Waals surface area (Å²) in [4.78, 5) is 12.7. The summed E-state index contributed by atoms with van der Waals surface area (Å²) in [7, 11) is 1.70. The van der Waals surface area contributed by atoms with Gasteiger partial charge in [-0.3, -0.25) is 9.48 Å². The largest absolute Gasteiger partial charge is 0.480 e. The molecule has 7 rings (SSSR count). The van der Waals surface area contributed by atoms with E-state index >= 15 is 8.78 Å². The average molecular weight is 549 g/mol. The first-order valence-corrected chi connectivity index (χ1v) is 13.0. The molecule has 10 heteroatoms. The van der Waals surface area contributed by atoms with Crippen LogP contribution in [-0.4, -0.2) is 28.3 Å². The van der Waals surface area contributed by atoms with E-state index in [0.29, 0.717) is 16.7 Å². The van der Waals surface area contributed by atoms with Crippen LogP contribution < -0.4 is 15.8 Å². The quantitative estimate of drug-likeness (QED) is 0.305. The second kappa shape index (κ2) is 8.53. The van der Waals surface area contributed by atoms with Crippen LogP contribution in [0.25, 0.3) is 33.2 Å². The third kappa shape index (κ3) is 3.43. The van der Waals surface area contributed by atoms with Crippen molar-refractivity contribution in [3.8, 4) is 16.9 Å². The maximum absolute atomic E-state index is 16.4. The van der Waals surface area contributed by atoms with Crippen LogP contribution in [-0.2, 0) is 19.1 Å². The summed E-state index contributed by atoms with van der Waals surface area (Å²) in [6, 6.07) is 12.3. The molecule has 2 atom stereocenters. The molecule has 2 aliphatic heterocycles. The summed E-state index contributed by atoms with van der Waals surface area (Å²) in [6.07, 6.45) is 3.67. The number of amides is 1. The number of ether oxygens (including phenoxy) is 1. The lowest BCUT2D eigenvalue weighted by Crippen LogP contribution is -2.48. The second-order valence-electron chi connectivity index (χ2n) is 10.2. The van der Waals surface area contributed by atoms with Gasteiger partial charge in [-0.2, -0.15) is 5.10 Å². The van der Waals surface area contributed by atoms with E-state index in [1.807, 2.05) is 30.3 Å². The van der Waals surface area contributed by atoms with Gasteiger partial charge >= 0.3 is 0 Å². The summed E-state index contributed by atoms with van der Waals surface area (Å²) >= 11 is 6.58. The number of nitrogens with two attached hydrogens (primary N) is 1. The number of nitrogens with zero attached hydrogens (tertiary/aromatic N) is 2. The van der Waals surface area contributed by atoms with E-state index in [-0.39, 0.29) is 50.9 Å². The first-order chi connectivity index (χ1) is 18.8. The molecule has 0 unspecified atom stereocenters. The number of aromatic nitrogens is 2. The van der Waals surface area contributed by atoms with E-state index in [9.17, 15) is 4.79 Å². The van der Waals surface area contributed by atoms with Crippen LogP contribution in [0.5, 0.6) is 5.75 Å². The third-order valence-electron chi connectivity index (χ3n) is 7.90. The van der Waals surface area contributed by atoms with E-state index < -0.39 is 23.1 Å². The summed E-state index contributed by atoms with van der Waals surface area (Å²) in [5.74, 6) is -2.31. The van der Waals surface area contributed by atoms with Gasteiger partial charge in [0.1, 0.15) is 17.1 Å². The molecule has 0 saturated carbocycles. The van der Waals surface area contributed by atoms with Gasteiger partial charge in [-0.1, -0.05) is 41.9 Å². The molecule has 0 radical (unpaired) electrons. The molecule has 3 N–H and O–H groups in total. The van der Waals surface area contributed by atoms with Crippen LogP contribution in [0.2, 0.25) is 5.02 Å². The number of furan rings is 1. The van der Waals surface area contributed by atoms with Gasteiger partial charge in [-0.25, -0.2) is 8.78 Å². The van der Waals surface area contributed by atoms with Crippen LogP contribution in [0.3, 0.4) is 0 Å². The molecule has 0 bridgehead atoms. The van der Waals surface area contributed by atoms with Crippen LogP contribution >= 0.6 is 11.6 Å². The monoisotopic (exact) mass is 548 g/mol. The molecule has 0 spiro atoms. The van der Waals surface area contributed by atoms with E-state index in [4.69, 9.17) is 26.5 Å². The predicted octanol–water partition coefficient (Wildman–Crippen LogP) is 5.60. The zero-order valence-electron chi connectivity index (χ0n) is 20.9. The number of aryl methyl sites for hydroxylation is 1. The van der Waals surface area contributed by atoms with Crippen molar-refractivity contribution < 1.29 is 22.7 Å². The van der Waals surface area contributed by atoms with Gasteiger partial charge in [0.05, 0.1) is 28.2 Å². The molecule has 2 aromatic heterocycles. The molecule has 1 amide bonds. The number of hydrogen-bond donors (Lipinski definition) is 2. The van der Waals surface area contributed by atoms with Crippen molar-refractivity contribution in [2.75, 3.05) is 6.54 Å². The van der Waals surface area contributed by atoms with Crippen molar-refractivity contribution >= 4 is 39.6 Å². The molecular formula is C29H23ClF2N4O3. The zero-order valence-corrected chi connectivity index (χ0v) is 21.6. The standard InChI is InChI=1S/C29H23ClF2N4O3/c1-36-13-20-26(35-36)16-10-15(28(33)37)23(25(32)27(16)38-20)22-17-12-29(21-8-5-9-34-21,14-6-3-2-4-7-14)39-19(17)11-18(31)24(22)30/h2-4,6-7,10-11,13,21,34H,5,8-9,12H2,1H3,(H2,33,37)/t21-,29-/m0/s1. The third-order valence-corrected chi connectivity index (χ3v) is 8.27. The van der Waals surface area contributed by atoms with Crippen LogP contribution in [0.1, 0.15) is 34.3 Å². The topological polar surface area (TPSA) is 95.3 Å². The number of primary amides is 1. The fraction of sp³-hybridized carbons (Fsp3) is 0.241. The van der Waals surface area contributed by atoms with Gasteiger partial charge in [-0.05, 0) is 31.0 Å². The Morgan fingerprint density at radius 1 is 1.23 bits per heavy atom. The average Bonchev–Trinajstić information content (AvgIpc) is 3.70. The fourth-order valence-corrected chi connectivity index (χ4v) is 6.47. The smallest absolute Gasteiger partial charge is 0.249 e. The van der Waals surface area contributed by atoms with E-state index in [1.54, 1.807) is 13.2 Å². The Kier molecular flexibility index (Phi) is 5.27. The number of carbonyl (C=O) groups excluding carboxylic acids is 1. The van der Waals surface area contributed by atoms with Crippen LogP contribution in [0.4, 0.5) is 8.78 Å². The van der Waals surface area contributed by atoms with Gasteiger partial charge < -0.3 is 20.2 Å². The summed E-state index contributed by atoms with van der Waals surface area (Å²) < 4.78 is 45.7. The minimum Gasteiger partial charge on any atom is -0.480 e. The molecule has 3 aromatic carbocycles. The highest BCUT2D eigenvalue weighted by atomic mass is 35.5. The molecule has 4 heterocycles. The first kappa shape index (κ1) is 24.1. The molecule has 0 aliphatic carbocycles. The van der Waals surface area contributed by atoms with Gasteiger partial charge in [0.2, 0.25) is 5.91 Å². The first-order valence-electron chi connectivity index (χ1n) is 12.7. The summed E-state index contributed by atoms with van der Waals surface area (Å²) in [5.41, 5.74) is 6.55. The lowest BCUT2D eigenvalue weighted by atomic mass is 9.80. The number of fused-ring (bicyclic) bond motifs is 4. The molecule has 2 aliphatic rings. The Morgan fingerprint density at radius 3 is 2.74 bits per heavy atom. The van der Waals surface area contributed by atoms with Gasteiger partial charge in [-0.15, -0.1) is 0 Å². The molecule has 39 heavy (non-hydrogen) atoms. The Balaban J connectivity index is 1.51. The van der Waals surface area contributed by atoms with E-state index in [1.165, 1.54) is 16.8 Å². The summed E-state index contributed by atoms with van der Waals surface area (Å²) in [5, 5.41) is 7.81. The number of benzene rings is 3. The highest BCUT2D eigenvalue weighted by Gasteiger charge is 2.50. The van der Waals surface area contributed by atoms with Crippen molar-refractivity contribution in [2.24, 2.45) is 12.8 Å². The van der Waals surface area contributed by atoms with Crippen molar-refractivity contribution in [1.29, 1.82) is 0 Å². The molecule has 1 fully saturated rings. The number of rotatable bonds is 4. The molecule has 5 aromatic rings. The number of carbonyl (C=O) groups is 1. The Labute approximate surface area is 226 Å². The second-order valence-corrected chi connectivity index (χ2v) is 10.6. The van der Waals surface area contributed by atoms with Crippen molar-refractivity contribution in [2.45, 2.75) is 30.9 Å². The lowest BCUT2D eigenvalue weighted by Gasteiger charge is -2.35. The molecule has 198 valence electrons. The number of hydrogen-bond acceptors (Lipinski definition) is 5. The maximum atomic E-state index is 16.4. The Morgan fingerprint density at radius 2 is 2.03 bits per heavy atom. The predicted molar refractivity (Wildman–Crippen MR) is 143 cm³/mol. The van der Waals surface area contributed by atoms with E-state index in [2.05, 4.69) is 10.4 Å². The maximum Gasteiger partial charge on any atom is 0.249 e. The van der Waals surface area contributed by atoms with Crippen molar-refractivity contribution in [3.63, 3.8) is 0 Å². The SMILES string of the molecule is Cn1cc2oc3c(F)c(-c4c(Cl)c(F)cc5c4C[C@](c4ccccc4)([C@@H]4CCCN4)O5)c(C(N)=O)cc3c2n1. The van der Waals surface area contributed by atoms with Crippen molar-refractivity contribution in [1.82, 2.24) is 15.1 Å². The minimum absolute atomic E-state index is 0.0327. The van der Waals surface area contributed by atoms with Crippen LogP contribution in [0.15, 0.2) is 53.1 Å². The Hall–Kier alpha value is -3.95. The normalized spacial score (nSPS) is 20.6. The molecular weight excluding hydrogens is 526 g/mol.